The Balaban J connectivity index is 1.89. The number of carbonyl (C=O) groups is 1. The van der Waals surface area contributed by atoms with Crippen LogP contribution in [0.3, 0.4) is 0 Å². The normalized spacial score (nSPS) is 23.5. The molecule has 1 fully saturated rings. The molecular formula is C11H17N3OS. The van der Waals surface area contributed by atoms with Gasteiger partial charge in [-0.15, -0.1) is 10.2 Å². The van der Waals surface area contributed by atoms with E-state index in [9.17, 15) is 4.79 Å². The molecule has 4 nitrogen and oxygen atoms in total. The zero-order valence-electron chi connectivity index (χ0n) is 9.86. The van der Waals surface area contributed by atoms with Gasteiger partial charge in [-0.2, -0.15) is 0 Å². The number of rotatable bonds is 4. The largest absolute Gasteiger partial charge is 0.300 e. The summed E-state index contributed by atoms with van der Waals surface area (Å²) in [5.74, 6) is 1.39. The Bertz CT molecular complexity index is 388. The van der Waals surface area contributed by atoms with Crippen LogP contribution in [0.5, 0.6) is 0 Å². The lowest BCUT2D eigenvalue weighted by atomic mass is 10.1. The molecular weight excluding hydrogens is 222 g/mol. The van der Waals surface area contributed by atoms with Gasteiger partial charge in [-0.1, -0.05) is 32.1 Å². The van der Waals surface area contributed by atoms with Crippen LogP contribution in [0.4, 0.5) is 5.13 Å². The second kappa shape index (κ2) is 4.49. The number of carbonyl (C=O) groups excluding carboxylic acids is 1. The molecule has 0 saturated heterocycles. The summed E-state index contributed by atoms with van der Waals surface area (Å²) in [4.78, 5) is 11.6. The van der Waals surface area contributed by atoms with Gasteiger partial charge in [0.2, 0.25) is 11.0 Å². The van der Waals surface area contributed by atoms with Crippen molar-refractivity contribution < 1.29 is 4.79 Å². The molecule has 0 radical (unpaired) electrons. The highest BCUT2D eigenvalue weighted by Gasteiger charge is 2.39. The lowest BCUT2D eigenvalue weighted by Crippen LogP contribution is -2.14. The first-order valence-corrected chi connectivity index (χ1v) is 6.51. The van der Waals surface area contributed by atoms with Crippen molar-refractivity contribution in [3.8, 4) is 0 Å². The van der Waals surface area contributed by atoms with Crippen LogP contribution in [0.1, 0.15) is 32.2 Å². The number of nitrogens with zero attached hydrogens (tertiary/aromatic N) is 2. The summed E-state index contributed by atoms with van der Waals surface area (Å²) in [5, 5.41) is 12.5. The van der Waals surface area contributed by atoms with E-state index in [0.29, 0.717) is 17.0 Å². The van der Waals surface area contributed by atoms with E-state index in [1.807, 2.05) is 0 Å². The summed E-state index contributed by atoms with van der Waals surface area (Å²) in [6.45, 7) is 6.38. The minimum atomic E-state index is 0.0970. The summed E-state index contributed by atoms with van der Waals surface area (Å²) in [5.41, 5.74) is 0. The van der Waals surface area contributed by atoms with Crippen molar-refractivity contribution in [3.05, 3.63) is 5.01 Å². The van der Waals surface area contributed by atoms with E-state index in [2.05, 4.69) is 36.3 Å². The summed E-state index contributed by atoms with van der Waals surface area (Å²) >= 11 is 1.48. The SMILES string of the molecule is CC(C)Cc1nnc(NC(=O)[C@H]2C[C@H]2C)s1. The van der Waals surface area contributed by atoms with Crippen molar-refractivity contribution in [2.45, 2.75) is 33.6 Å². The molecule has 0 spiro atoms. The van der Waals surface area contributed by atoms with Crippen molar-refractivity contribution in [2.75, 3.05) is 5.32 Å². The average molecular weight is 239 g/mol. The molecule has 0 aromatic carbocycles. The summed E-state index contributed by atoms with van der Waals surface area (Å²) < 4.78 is 0. The first kappa shape index (κ1) is 11.5. The monoisotopic (exact) mass is 239 g/mol. The van der Waals surface area contributed by atoms with E-state index in [1.165, 1.54) is 11.3 Å². The van der Waals surface area contributed by atoms with Crippen molar-refractivity contribution in [1.82, 2.24) is 10.2 Å². The van der Waals surface area contributed by atoms with E-state index < -0.39 is 0 Å². The van der Waals surface area contributed by atoms with E-state index in [-0.39, 0.29) is 11.8 Å². The molecule has 1 N–H and O–H groups in total. The fraction of sp³-hybridized carbons (Fsp3) is 0.727. The van der Waals surface area contributed by atoms with Crippen LogP contribution in [0.2, 0.25) is 0 Å². The van der Waals surface area contributed by atoms with E-state index >= 15 is 0 Å². The van der Waals surface area contributed by atoms with Crippen LogP contribution >= 0.6 is 11.3 Å². The highest BCUT2D eigenvalue weighted by molar-refractivity contribution is 7.15. The topological polar surface area (TPSA) is 54.9 Å². The van der Waals surface area contributed by atoms with Gasteiger partial charge in [-0.3, -0.25) is 4.79 Å². The third-order valence-electron chi connectivity index (χ3n) is 2.73. The van der Waals surface area contributed by atoms with Gasteiger partial charge in [0.1, 0.15) is 5.01 Å². The van der Waals surface area contributed by atoms with Crippen LogP contribution < -0.4 is 5.32 Å². The Labute approximate surface area is 99.5 Å². The number of hydrogen-bond acceptors (Lipinski definition) is 4. The Hall–Kier alpha value is -0.970. The Morgan fingerprint density at radius 3 is 2.81 bits per heavy atom. The highest BCUT2D eigenvalue weighted by atomic mass is 32.1. The van der Waals surface area contributed by atoms with Gasteiger partial charge in [0.05, 0.1) is 0 Å². The van der Waals surface area contributed by atoms with E-state index in [0.717, 1.165) is 17.8 Å². The molecule has 5 heteroatoms. The molecule has 1 saturated carbocycles. The predicted octanol–water partition coefficient (Wildman–Crippen LogP) is 2.33. The van der Waals surface area contributed by atoms with Gasteiger partial charge in [0.25, 0.3) is 0 Å². The average Bonchev–Trinajstić information content (AvgIpc) is 2.76. The number of aromatic nitrogens is 2. The van der Waals surface area contributed by atoms with Crippen molar-refractivity contribution in [2.24, 2.45) is 17.8 Å². The van der Waals surface area contributed by atoms with Gasteiger partial charge < -0.3 is 5.32 Å². The molecule has 2 rings (SSSR count). The molecule has 0 aliphatic heterocycles. The fourth-order valence-electron chi connectivity index (χ4n) is 1.62. The van der Waals surface area contributed by atoms with Crippen LogP contribution in [0.25, 0.3) is 0 Å². The zero-order chi connectivity index (χ0) is 11.7. The molecule has 1 aliphatic carbocycles. The van der Waals surface area contributed by atoms with Crippen LogP contribution in [0.15, 0.2) is 0 Å². The molecule has 1 aromatic heterocycles. The number of hydrogen-bond donors (Lipinski definition) is 1. The molecule has 1 amide bonds. The summed E-state index contributed by atoms with van der Waals surface area (Å²) in [6.07, 6.45) is 1.93. The van der Waals surface area contributed by atoms with Crippen LogP contribution in [-0.2, 0) is 11.2 Å². The lowest BCUT2D eigenvalue weighted by Gasteiger charge is -1.98. The standard InChI is InChI=1S/C11H17N3OS/c1-6(2)4-9-13-14-11(16-9)12-10(15)8-5-7(8)3/h6-8H,4-5H2,1-3H3,(H,12,14,15)/t7-,8+/m1/s1. The molecule has 2 atom stereocenters. The smallest absolute Gasteiger partial charge is 0.229 e. The summed E-state index contributed by atoms with van der Waals surface area (Å²) in [6, 6.07) is 0. The maximum atomic E-state index is 11.6. The van der Waals surface area contributed by atoms with Crippen molar-refractivity contribution in [3.63, 3.8) is 0 Å². The van der Waals surface area contributed by atoms with Gasteiger partial charge in [-0.05, 0) is 18.3 Å². The first-order valence-electron chi connectivity index (χ1n) is 5.69. The highest BCUT2D eigenvalue weighted by Crippen LogP contribution is 2.38. The third-order valence-corrected chi connectivity index (χ3v) is 3.59. The van der Waals surface area contributed by atoms with E-state index in [1.54, 1.807) is 0 Å². The molecule has 16 heavy (non-hydrogen) atoms. The minimum absolute atomic E-state index is 0.0970. The molecule has 0 bridgehead atoms. The Morgan fingerprint density at radius 2 is 2.25 bits per heavy atom. The van der Waals surface area contributed by atoms with Gasteiger partial charge in [-0.25, -0.2) is 0 Å². The molecule has 1 aromatic rings. The Kier molecular flexibility index (Phi) is 3.23. The maximum absolute atomic E-state index is 11.6. The quantitative estimate of drug-likeness (QED) is 0.877. The number of nitrogens with one attached hydrogen (secondary N) is 1. The van der Waals surface area contributed by atoms with Gasteiger partial charge >= 0.3 is 0 Å². The van der Waals surface area contributed by atoms with Crippen LogP contribution in [-0.4, -0.2) is 16.1 Å². The third kappa shape index (κ3) is 2.78. The van der Waals surface area contributed by atoms with Crippen molar-refractivity contribution in [1.29, 1.82) is 0 Å². The maximum Gasteiger partial charge on any atom is 0.229 e. The summed E-state index contributed by atoms with van der Waals surface area (Å²) in [7, 11) is 0. The van der Waals surface area contributed by atoms with Gasteiger partial charge in [0.15, 0.2) is 0 Å². The lowest BCUT2D eigenvalue weighted by molar-refractivity contribution is -0.117. The predicted molar refractivity (Wildman–Crippen MR) is 64.4 cm³/mol. The molecule has 1 heterocycles. The number of amides is 1. The minimum Gasteiger partial charge on any atom is -0.300 e. The first-order chi connectivity index (χ1) is 7.56. The molecule has 88 valence electrons. The van der Waals surface area contributed by atoms with Crippen LogP contribution in [0, 0.1) is 17.8 Å². The van der Waals surface area contributed by atoms with Crippen molar-refractivity contribution >= 4 is 22.4 Å². The number of anilines is 1. The van der Waals surface area contributed by atoms with E-state index in [4.69, 9.17) is 0 Å². The Morgan fingerprint density at radius 1 is 1.56 bits per heavy atom. The fourth-order valence-corrected chi connectivity index (χ4v) is 2.58. The molecule has 0 unspecified atom stereocenters. The second-order valence-corrected chi connectivity index (χ2v) is 5.97. The second-order valence-electron chi connectivity index (χ2n) is 4.91. The van der Waals surface area contributed by atoms with Gasteiger partial charge in [0, 0.05) is 12.3 Å². The molecule has 1 aliphatic rings. The zero-order valence-corrected chi connectivity index (χ0v) is 10.7.